The fraction of sp³-hybridized carbons (Fsp3) is 0.850. The minimum Gasteiger partial charge on any atom is -0.325 e. The maximum Gasteiger partial charge on any atom is 0.0151 e. The lowest BCUT2D eigenvalue weighted by Crippen LogP contribution is -2.43. The fourth-order valence-corrected chi connectivity index (χ4v) is 1.91. The van der Waals surface area contributed by atoms with E-state index in [1.165, 1.54) is 6.42 Å². The highest BCUT2D eigenvalue weighted by atomic mass is 14.7. The highest BCUT2D eigenvalue weighted by Gasteiger charge is 2.27. The van der Waals surface area contributed by atoms with Crippen LogP contribution in [0.25, 0.3) is 0 Å². The quantitative estimate of drug-likeness (QED) is 0.527. The third kappa shape index (κ3) is 15.7. The van der Waals surface area contributed by atoms with E-state index in [0.29, 0.717) is 11.8 Å². The van der Waals surface area contributed by atoms with Crippen LogP contribution >= 0.6 is 0 Å². The first-order chi connectivity index (χ1) is 9.74. The lowest BCUT2D eigenvalue weighted by molar-refractivity contribution is 0.244. The summed E-state index contributed by atoms with van der Waals surface area (Å²) in [6.07, 6.45) is 6.67. The zero-order valence-corrected chi connectivity index (χ0v) is 16.4. The van der Waals surface area contributed by atoms with Crippen LogP contribution in [0.3, 0.4) is 0 Å². The largest absolute Gasteiger partial charge is 0.325 e. The summed E-state index contributed by atoms with van der Waals surface area (Å²) in [7, 11) is 0. The van der Waals surface area contributed by atoms with Crippen molar-refractivity contribution in [1.29, 1.82) is 0 Å². The number of hydrogen-bond acceptors (Lipinski definition) is 1. The van der Waals surface area contributed by atoms with Gasteiger partial charge in [-0.05, 0) is 43.6 Å². The van der Waals surface area contributed by atoms with E-state index in [1.807, 2.05) is 19.9 Å². The van der Waals surface area contributed by atoms with Crippen LogP contribution in [-0.2, 0) is 0 Å². The van der Waals surface area contributed by atoms with Gasteiger partial charge >= 0.3 is 0 Å². The van der Waals surface area contributed by atoms with Gasteiger partial charge in [0, 0.05) is 5.54 Å². The zero-order chi connectivity index (χ0) is 17.5. The van der Waals surface area contributed by atoms with Gasteiger partial charge < -0.3 is 5.73 Å². The normalized spacial score (nSPS) is 15.4. The van der Waals surface area contributed by atoms with Gasteiger partial charge in [0.05, 0.1) is 0 Å². The van der Waals surface area contributed by atoms with Crippen molar-refractivity contribution in [3.8, 4) is 0 Å². The summed E-state index contributed by atoms with van der Waals surface area (Å²) >= 11 is 0. The summed E-state index contributed by atoms with van der Waals surface area (Å²) in [5.41, 5.74) is 9.09. The van der Waals surface area contributed by atoms with E-state index in [1.54, 1.807) is 0 Å². The molecule has 0 amide bonds. The van der Waals surface area contributed by atoms with Crippen molar-refractivity contribution in [2.75, 3.05) is 0 Å². The van der Waals surface area contributed by atoms with E-state index in [9.17, 15) is 0 Å². The first kappa shape index (κ1) is 25.4. The highest BCUT2D eigenvalue weighted by molar-refractivity contribution is 4.90. The van der Waals surface area contributed by atoms with Crippen LogP contribution in [0.15, 0.2) is 18.4 Å². The highest BCUT2D eigenvalue weighted by Crippen LogP contribution is 2.28. The van der Waals surface area contributed by atoms with E-state index in [-0.39, 0.29) is 5.54 Å². The van der Waals surface area contributed by atoms with Crippen molar-refractivity contribution >= 4 is 0 Å². The summed E-state index contributed by atoms with van der Waals surface area (Å²) in [4.78, 5) is 0. The molecule has 0 saturated carbocycles. The summed E-state index contributed by atoms with van der Waals surface area (Å²) in [6, 6.07) is 0. The molecule has 0 aromatic heterocycles. The molecule has 0 bridgehead atoms. The Kier molecular flexibility index (Phi) is 19.2. The predicted molar refractivity (Wildman–Crippen MR) is 101 cm³/mol. The van der Waals surface area contributed by atoms with Crippen LogP contribution in [0, 0.1) is 17.8 Å². The van der Waals surface area contributed by atoms with Gasteiger partial charge in [-0.1, -0.05) is 74.8 Å². The molecule has 2 N–H and O–H groups in total. The van der Waals surface area contributed by atoms with Gasteiger partial charge in [-0.3, -0.25) is 0 Å². The Morgan fingerprint density at radius 1 is 1.10 bits per heavy atom. The van der Waals surface area contributed by atoms with Crippen LogP contribution in [0.5, 0.6) is 0 Å². The molecule has 0 rings (SSSR count). The minimum atomic E-state index is -0.0297. The van der Waals surface area contributed by atoms with Crippen molar-refractivity contribution in [1.82, 2.24) is 0 Å². The van der Waals surface area contributed by atoms with Gasteiger partial charge in [0.2, 0.25) is 0 Å². The summed E-state index contributed by atoms with van der Waals surface area (Å²) in [5.74, 6) is 2.01. The number of hydrogen-bond donors (Lipinski definition) is 1. The smallest absolute Gasteiger partial charge is 0.0151 e. The van der Waals surface area contributed by atoms with Crippen LogP contribution < -0.4 is 5.73 Å². The second kappa shape index (κ2) is 15.9. The van der Waals surface area contributed by atoms with E-state index in [0.717, 1.165) is 25.2 Å². The van der Waals surface area contributed by atoms with Gasteiger partial charge in [-0.25, -0.2) is 0 Å². The molecular formula is C20H43N. The number of nitrogens with two attached hydrogens (primary N) is 1. The molecule has 0 spiro atoms. The van der Waals surface area contributed by atoms with Crippen LogP contribution in [0.1, 0.15) is 88.0 Å². The zero-order valence-electron chi connectivity index (χ0n) is 16.4. The molecule has 0 aromatic rings. The second-order valence-corrected chi connectivity index (χ2v) is 6.35. The molecule has 128 valence electrons. The van der Waals surface area contributed by atoms with Gasteiger partial charge in [0.1, 0.15) is 0 Å². The number of rotatable bonds is 7. The van der Waals surface area contributed by atoms with E-state index < -0.39 is 0 Å². The third-order valence-electron chi connectivity index (χ3n) is 4.06. The fourth-order valence-electron chi connectivity index (χ4n) is 1.91. The summed E-state index contributed by atoms with van der Waals surface area (Å²) < 4.78 is 0. The lowest BCUT2D eigenvalue weighted by Gasteiger charge is -2.34. The van der Waals surface area contributed by atoms with E-state index >= 15 is 0 Å². The van der Waals surface area contributed by atoms with E-state index in [2.05, 4.69) is 60.8 Å². The topological polar surface area (TPSA) is 26.0 Å². The third-order valence-corrected chi connectivity index (χ3v) is 4.06. The van der Waals surface area contributed by atoms with Crippen molar-refractivity contribution in [3.05, 3.63) is 18.4 Å². The molecule has 3 unspecified atom stereocenters. The average molecular weight is 298 g/mol. The molecular weight excluding hydrogens is 254 g/mol. The average Bonchev–Trinajstić information content (AvgIpc) is 2.47. The molecule has 0 aliphatic heterocycles. The molecule has 1 nitrogen and oxygen atoms in total. The Morgan fingerprint density at radius 2 is 1.52 bits per heavy atom. The molecule has 0 aliphatic carbocycles. The van der Waals surface area contributed by atoms with Crippen LogP contribution in [-0.4, -0.2) is 5.54 Å². The Balaban J connectivity index is -0.000000389. The maximum atomic E-state index is 6.27. The van der Waals surface area contributed by atoms with Gasteiger partial charge in [0.15, 0.2) is 0 Å². The molecule has 0 radical (unpaired) electrons. The molecule has 0 saturated heterocycles. The lowest BCUT2D eigenvalue weighted by atomic mass is 9.77. The summed E-state index contributed by atoms with van der Waals surface area (Å²) in [6.45, 7) is 23.0. The SMILES string of the molecule is C=C=CC(C)CC(CC)C(C)(N)CC.CC.CCC(C)C. The van der Waals surface area contributed by atoms with Crippen molar-refractivity contribution in [2.45, 2.75) is 93.5 Å². The predicted octanol–water partition coefficient (Wildman–Crippen LogP) is 6.59. The van der Waals surface area contributed by atoms with Crippen LogP contribution in [0.4, 0.5) is 0 Å². The molecule has 0 fully saturated rings. The minimum absolute atomic E-state index is 0.0297. The molecule has 1 heteroatoms. The molecule has 0 aliphatic rings. The molecule has 21 heavy (non-hydrogen) atoms. The second-order valence-electron chi connectivity index (χ2n) is 6.35. The van der Waals surface area contributed by atoms with Crippen molar-refractivity contribution < 1.29 is 0 Å². The van der Waals surface area contributed by atoms with E-state index in [4.69, 9.17) is 5.73 Å². The van der Waals surface area contributed by atoms with Crippen molar-refractivity contribution in [3.63, 3.8) is 0 Å². The molecule has 0 aromatic carbocycles. The Labute approximate surface area is 136 Å². The van der Waals surface area contributed by atoms with Gasteiger partial charge in [-0.15, -0.1) is 5.73 Å². The maximum absolute atomic E-state index is 6.27. The van der Waals surface area contributed by atoms with Crippen LogP contribution in [0.2, 0.25) is 0 Å². The standard InChI is InChI=1S/C13H25N.C5H12.C2H6/c1-6-9-11(4)10-12(7-2)13(5,14)8-3;1-4-5(2)3;1-2/h9,11-12H,1,7-8,10,14H2,2-5H3;5H,4H2,1-3H3;1-2H3. The first-order valence-corrected chi connectivity index (χ1v) is 8.89. The monoisotopic (exact) mass is 297 g/mol. The Bertz CT molecular complexity index is 247. The molecule has 0 heterocycles. The van der Waals surface area contributed by atoms with Gasteiger partial charge in [-0.2, -0.15) is 0 Å². The van der Waals surface area contributed by atoms with Gasteiger partial charge in [0.25, 0.3) is 0 Å². The number of allylic oxidation sites excluding steroid dienone is 1. The summed E-state index contributed by atoms with van der Waals surface area (Å²) in [5, 5.41) is 0. The Morgan fingerprint density at radius 3 is 1.76 bits per heavy atom. The Hall–Kier alpha value is -0.520. The first-order valence-electron chi connectivity index (χ1n) is 8.89. The molecule has 3 atom stereocenters. The van der Waals surface area contributed by atoms with Crippen molar-refractivity contribution in [2.24, 2.45) is 23.5 Å².